The third kappa shape index (κ3) is 21.9. The third-order valence-electron chi connectivity index (χ3n) is 6.14. The number of carboxylic acids is 1. The van der Waals surface area contributed by atoms with Crippen LogP contribution in [0.4, 0.5) is 0 Å². The number of benzene rings is 1. The summed E-state index contributed by atoms with van der Waals surface area (Å²) in [5.74, 6) is -0.616. The van der Waals surface area contributed by atoms with Gasteiger partial charge in [-0.05, 0) is 70.6 Å². The van der Waals surface area contributed by atoms with E-state index in [0.717, 1.165) is 12.8 Å². The summed E-state index contributed by atoms with van der Waals surface area (Å²) in [6.45, 7) is 8.52. The Labute approximate surface area is 226 Å². The van der Waals surface area contributed by atoms with E-state index < -0.39 is 12.1 Å². The molecule has 0 bridgehead atoms. The maximum absolute atomic E-state index is 10.3. The van der Waals surface area contributed by atoms with E-state index in [1.165, 1.54) is 76.7 Å². The Morgan fingerprint density at radius 2 is 1.46 bits per heavy atom. The predicted octanol–water partition coefficient (Wildman–Crippen LogP) is 7.41. The predicted molar refractivity (Wildman–Crippen MR) is 154 cm³/mol. The molecular weight excluding hydrogens is 466 g/mol. The van der Waals surface area contributed by atoms with Crippen LogP contribution in [0.3, 0.4) is 0 Å². The van der Waals surface area contributed by atoms with Gasteiger partial charge in [0.15, 0.2) is 0 Å². The normalized spacial score (nSPS) is 12.4. The van der Waals surface area contributed by atoms with Crippen LogP contribution in [0.1, 0.15) is 135 Å². The van der Waals surface area contributed by atoms with Gasteiger partial charge in [0.25, 0.3) is 0 Å². The highest BCUT2D eigenvalue weighted by molar-refractivity contribution is 5.66. The Kier molecular flexibility index (Phi) is 21.0. The minimum atomic E-state index is -0.664. The van der Waals surface area contributed by atoms with Gasteiger partial charge in [-0.3, -0.25) is 4.79 Å². The smallest absolute Gasteiger partial charge is 0.303 e. The highest BCUT2D eigenvalue weighted by Gasteiger charge is 2.14. The quantitative estimate of drug-likeness (QED) is 0.0957. The molecule has 1 unspecified atom stereocenters. The largest absolute Gasteiger partial charge is 0.508 e. The van der Waals surface area contributed by atoms with Crippen molar-refractivity contribution in [2.45, 2.75) is 136 Å². The molecule has 37 heavy (non-hydrogen) atoms. The summed E-state index contributed by atoms with van der Waals surface area (Å²) in [5.41, 5.74) is 1.05. The molecule has 1 atom stereocenters. The fraction of sp³-hybridized carbons (Fsp3) is 0.710. The van der Waals surface area contributed by atoms with E-state index in [0.29, 0.717) is 24.1 Å². The van der Waals surface area contributed by atoms with Crippen LogP contribution in [0.5, 0.6) is 5.75 Å². The number of aliphatic hydroxyl groups is 2. The molecule has 1 aromatic rings. The Bertz CT molecular complexity index is 727. The second kappa shape index (κ2) is 22.1. The van der Waals surface area contributed by atoms with Gasteiger partial charge in [-0.25, -0.2) is 0 Å². The van der Waals surface area contributed by atoms with E-state index in [2.05, 4.69) is 24.4 Å². The van der Waals surface area contributed by atoms with Crippen LogP contribution in [0.15, 0.2) is 30.4 Å². The van der Waals surface area contributed by atoms with Gasteiger partial charge in [-0.15, -0.1) is 0 Å². The Morgan fingerprint density at radius 1 is 0.919 bits per heavy atom. The van der Waals surface area contributed by atoms with E-state index in [-0.39, 0.29) is 17.9 Å². The number of aliphatic carboxylic acids is 1. The fourth-order valence-corrected chi connectivity index (χ4v) is 3.81. The van der Waals surface area contributed by atoms with Gasteiger partial charge in [-0.1, -0.05) is 76.5 Å². The lowest BCUT2D eigenvalue weighted by molar-refractivity contribution is -0.137. The maximum Gasteiger partial charge on any atom is 0.303 e. The number of hydrogen-bond donors (Lipinski definition) is 5. The Hall–Kier alpha value is -1.89. The SMILES string of the molecule is CC(C)(C)NCC(O)c1ccc(O)c(CO)c1.CCCCCCCC/C=C\CCCCCCCC(=O)O. The zero-order valence-corrected chi connectivity index (χ0v) is 24.0. The molecule has 214 valence electrons. The molecule has 0 aromatic heterocycles. The molecule has 0 aliphatic heterocycles. The molecule has 0 radical (unpaired) electrons. The van der Waals surface area contributed by atoms with Gasteiger partial charge in [0.2, 0.25) is 0 Å². The molecule has 0 aliphatic rings. The summed E-state index contributed by atoms with van der Waals surface area (Å²) in [6.07, 6.45) is 20.6. The summed E-state index contributed by atoms with van der Waals surface area (Å²) < 4.78 is 0. The number of β-amino-alcohol motifs (C(OH)–C–C–N with tert-alkyl or cyclic N) is 1. The molecule has 6 nitrogen and oxygen atoms in total. The van der Waals surface area contributed by atoms with Gasteiger partial charge in [0.1, 0.15) is 5.75 Å². The molecule has 0 saturated heterocycles. The number of unbranched alkanes of at least 4 members (excludes halogenated alkanes) is 11. The number of hydrogen-bond acceptors (Lipinski definition) is 5. The second-order valence-electron chi connectivity index (χ2n) is 10.9. The number of allylic oxidation sites excluding steroid dienone is 2. The monoisotopic (exact) mass is 521 g/mol. The van der Waals surface area contributed by atoms with Crippen LogP contribution in [-0.4, -0.2) is 38.5 Å². The van der Waals surface area contributed by atoms with Crippen molar-refractivity contribution in [1.82, 2.24) is 5.32 Å². The average Bonchev–Trinajstić information content (AvgIpc) is 2.85. The minimum absolute atomic E-state index is 0.0484. The van der Waals surface area contributed by atoms with Crippen LogP contribution in [-0.2, 0) is 11.4 Å². The molecule has 0 amide bonds. The molecule has 0 aliphatic carbocycles. The fourth-order valence-electron chi connectivity index (χ4n) is 3.81. The van der Waals surface area contributed by atoms with Crippen molar-refractivity contribution in [2.24, 2.45) is 0 Å². The van der Waals surface area contributed by atoms with Crippen molar-refractivity contribution in [3.05, 3.63) is 41.5 Å². The average molecular weight is 522 g/mol. The third-order valence-corrected chi connectivity index (χ3v) is 6.14. The van der Waals surface area contributed by atoms with Crippen molar-refractivity contribution in [3.8, 4) is 5.75 Å². The van der Waals surface area contributed by atoms with Gasteiger partial charge in [0.05, 0.1) is 12.7 Å². The molecule has 0 saturated carbocycles. The Morgan fingerprint density at radius 3 is 1.97 bits per heavy atom. The minimum Gasteiger partial charge on any atom is -0.508 e. The Balaban J connectivity index is 0.000000708. The summed E-state index contributed by atoms with van der Waals surface area (Å²) in [5, 5.41) is 40.1. The summed E-state index contributed by atoms with van der Waals surface area (Å²) in [7, 11) is 0. The number of carbonyl (C=O) groups is 1. The first-order valence-electron chi connectivity index (χ1n) is 14.3. The van der Waals surface area contributed by atoms with Gasteiger partial charge < -0.3 is 25.7 Å². The first-order valence-corrected chi connectivity index (χ1v) is 14.3. The number of aromatic hydroxyl groups is 1. The van der Waals surface area contributed by atoms with Crippen molar-refractivity contribution in [2.75, 3.05) is 6.54 Å². The standard InChI is InChI=1S/C18H34O2.C13H21NO3/c1-2-3-4-5-6-7-8-9-10-11-12-13-14-15-16-17-18(19)20;1-13(2,3)14-7-12(17)9-4-5-11(16)10(6-9)8-15/h9-10H,2-8,11-17H2,1H3,(H,19,20);4-6,12,14-17H,7-8H2,1-3H3/b10-9-;. The summed E-state index contributed by atoms with van der Waals surface area (Å²) in [4.78, 5) is 10.3. The molecule has 1 rings (SSSR count). The molecule has 5 N–H and O–H groups in total. The van der Waals surface area contributed by atoms with E-state index in [1.807, 2.05) is 20.8 Å². The van der Waals surface area contributed by atoms with Crippen LogP contribution in [0.2, 0.25) is 0 Å². The van der Waals surface area contributed by atoms with Crippen molar-refractivity contribution < 1.29 is 25.2 Å². The van der Waals surface area contributed by atoms with Gasteiger partial charge >= 0.3 is 5.97 Å². The molecule has 0 heterocycles. The highest BCUT2D eigenvalue weighted by atomic mass is 16.4. The number of nitrogens with one attached hydrogen (secondary N) is 1. The molecule has 6 heteroatoms. The maximum atomic E-state index is 10.3. The second-order valence-corrected chi connectivity index (χ2v) is 10.9. The molecule has 1 aromatic carbocycles. The summed E-state index contributed by atoms with van der Waals surface area (Å²) in [6, 6.07) is 4.76. The zero-order chi connectivity index (χ0) is 27.9. The lowest BCUT2D eigenvalue weighted by atomic mass is 10.0. The van der Waals surface area contributed by atoms with Gasteiger partial charge in [-0.2, -0.15) is 0 Å². The number of rotatable bonds is 19. The van der Waals surface area contributed by atoms with E-state index in [9.17, 15) is 15.0 Å². The van der Waals surface area contributed by atoms with E-state index >= 15 is 0 Å². The molecular formula is C31H55NO5. The lowest BCUT2D eigenvalue weighted by Gasteiger charge is -2.23. The summed E-state index contributed by atoms with van der Waals surface area (Å²) >= 11 is 0. The number of carboxylic acid groups (broad SMARTS) is 1. The van der Waals surface area contributed by atoms with Crippen molar-refractivity contribution >= 4 is 5.97 Å². The van der Waals surface area contributed by atoms with Crippen molar-refractivity contribution in [3.63, 3.8) is 0 Å². The topological polar surface area (TPSA) is 110 Å². The molecule has 0 fully saturated rings. The lowest BCUT2D eigenvalue weighted by Crippen LogP contribution is -2.38. The number of aliphatic hydroxyl groups excluding tert-OH is 2. The van der Waals surface area contributed by atoms with Crippen molar-refractivity contribution in [1.29, 1.82) is 0 Å². The van der Waals surface area contributed by atoms with Crippen LogP contribution in [0, 0.1) is 0 Å². The highest BCUT2D eigenvalue weighted by Crippen LogP contribution is 2.22. The zero-order valence-electron chi connectivity index (χ0n) is 24.0. The van der Waals surface area contributed by atoms with E-state index in [4.69, 9.17) is 10.2 Å². The van der Waals surface area contributed by atoms with Crippen LogP contribution < -0.4 is 5.32 Å². The van der Waals surface area contributed by atoms with E-state index in [1.54, 1.807) is 12.1 Å². The first kappa shape index (κ1) is 35.1. The first-order chi connectivity index (χ1) is 17.6. The molecule has 0 spiro atoms. The van der Waals surface area contributed by atoms with Gasteiger partial charge in [0, 0.05) is 24.1 Å². The van der Waals surface area contributed by atoms with Crippen LogP contribution >= 0.6 is 0 Å². The van der Waals surface area contributed by atoms with Crippen LogP contribution in [0.25, 0.3) is 0 Å². The number of phenols is 1.